The standard InChI is InChI=1S/C13H15NO/c1-4-5-6-7-12(3)15-13-8-9-14-11(2)10-13/h4-10H,3H2,1-2H3/b5-4-,7-6-. The second kappa shape index (κ2) is 5.81. The second-order valence-corrected chi connectivity index (χ2v) is 3.09. The molecule has 0 saturated carbocycles. The lowest BCUT2D eigenvalue weighted by molar-refractivity contribution is 0.446. The molecule has 0 atom stereocenters. The zero-order chi connectivity index (χ0) is 11.1. The van der Waals surface area contributed by atoms with Crippen LogP contribution in [0.2, 0.25) is 0 Å². The minimum absolute atomic E-state index is 0.610. The average molecular weight is 201 g/mol. The van der Waals surface area contributed by atoms with E-state index >= 15 is 0 Å². The number of allylic oxidation sites excluding steroid dienone is 4. The lowest BCUT2D eigenvalue weighted by Gasteiger charge is -2.04. The van der Waals surface area contributed by atoms with Crippen LogP contribution in [0.4, 0.5) is 0 Å². The van der Waals surface area contributed by atoms with Crippen LogP contribution in [0.3, 0.4) is 0 Å². The molecule has 0 aromatic carbocycles. The van der Waals surface area contributed by atoms with Gasteiger partial charge in [0.25, 0.3) is 0 Å². The highest BCUT2D eigenvalue weighted by molar-refractivity contribution is 5.26. The molecule has 2 nitrogen and oxygen atoms in total. The minimum atomic E-state index is 0.610. The number of pyridine rings is 1. The Morgan fingerprint density at radius 2 is 2.27 bits per heavy atom. The molecule has 1 aromatic heterocycles. The predicted octanol–water partition coefficient (Wildman–Crippen LogP) is 3.41. The van der Waals surface area contributed by atoms with Gasteiger partial charge in [0, 0.05) is 18.0 Å². The van der Waals surface area contributed by atoms with Crippen LogP contribution < -0.4 is 4.74 Å². The highest BCUT2D eigenvalue weighted by Crippen LogP contribution is 2.13. The zero-order valence-electron chi connectivity index (χ0n) is 9.10. The van der Waals surface area contributed by atoms with Crippen LogP contribution in [0, 0.1) is 6.92 Å². The Kier molecular flexibility index (Phi) is 4.35. The van der Waals surface area contributed by atoms with Crippen LogP contribution in [0.15, 0.2) is 55.0 Å². The van der Waals surface area contributed by atoms with Gasteiger partial charge >= 0.3 is 0 Å². The SMILES string of the molecule is C=C(/C=C\C=C/C)Oc1ccnc(C)c1. The van der Waals surface area contributed by atoms with E-state index in [9.17, 15) is 0 Å². The molecule has 1 heterocycles. The zero-order valence-corrected chi connectivity index (χ0v) is 9.10. The number of rotatable bonds is 4. The van der Waals surface area contributed by atoms with Gasteiger partial charge in [0.2, 0.25) is 0 Å². The average Bonchev–Trinajstić information content (AvgIpc) is 2.18. The van der Waals surface area contributed by atoms with Crippen molar-refractivity contribution in [1.29, 1.82) is 0 Å². The fourth-order valence-electron chi connectivity index (χ4n) is 1.04. The first-order valence-corrected chi connectivity index (χ1v) is 4.81. The van der Waals surface area contributed by atoms with E-state index in [2.05, 4.69) is 11.6 Å². The number of hydrogen-bond donors (Lipinski definition) is 0. The molecule has 0 unspecified atom stereocenters. The Labute approximate surface area is 90.6 Å². The number of hydrogen-bond acceptors (Lipinski definition) is 2. The van der Waals surface area contributed by atoms with Gasteiger partial charge in [-0.1, -0.05) is 24.8 Å². The molecule has 2 heteroatoms. The van der Waals surface area contributed by atoms with Crippen LogP contribution in [0.25, 0.3) is 0 Å². The maximum Gasteiger partial charge on any atom is 0.130 e. The fourth-order valence-corrected chi connectivity index (χ4v) is 1.04. The molecular formula is C13H15NO. The molecule has 0 aliphatic rings. The summed E-state index contributed by atoms with van der Waals surface area (Å²) in [4.78, 5) is 4.08. The van der Waals surface area contributed by atoms with Gasteiger partial charge in [-0.15, -0.1) is 0 Å². The van der Waals surface area contributed by atoms with Crippen LogP contribution in [-0.2, 0) is 0 Å². The molecule has 0 aliphatic carbocycles. The Morgan fingerprint density at radius 1 is 1.47 bits per heavy atom. The number of aryl methyl sites for hydroxylation is 1. The van der Waals surface area contributed by atoms with Crippen molar-refractivity contribution in [2.75, 3.05) is 0 Å². The molecule has 15 heavy (non-hydrogen) atoms. The molecule has 0 amide bonds. The lowest BCUT2D eigenvalue weighted by atomic mass is 10.3. The van der Waals surface area contributed by atoms with Gasteiger partial charge in [0.15, 0.2) is 0 Å². The van der Waals surface area contributed by atoms with Crippen LogP contribution in [0.5, 0.6) is 5.75 Å². The van der Waals surface area contributed by atoms with Crippen molar-refractivity contribution in [3.8, 4) is 5.75 Å². The summed E-state index contributed by atoms with van der Waals surface area (Å²) in [5.74, 6) is 1.37. The van der Waals surface area contributed by atoms with Crippen molar-refractivity contribution in [3.05, 3.63) is 60.7 Å². The number of nitrogens with zero attached hydrogens (tertiary/aromatic N) is 1. The van der Waals surface area contributed by atoms with E-state index in [1.807, 2.05) is 50.3 Å². The third kappa shape index (κ3) is 4.27. The van der Waals surface area contributed by atoms with Gasteiger partial charge in [-0.05, 0) is 26.0 Å². The Hall–Kier alpha value is -1.83. The van der Waals surface area contributed by atoms with Gasteiger partial charge in [-0.3, -0.25) is 4.98 Å². The summed E-state index contributed by atoms with van der Waals surface area (Å²) in [5.41, 5.74) is 0.928. The first-order chi connectivity index (χ1) is 7.22. The molecule has 0 radical (unpaired) electrons. The van der Waals surface area contributed by atoms with E-state index in [1.165, 1.54) is 0 Å². The summed E-state index contributed by atoms with van der Waals surface area (Å²) in [6.07, 6.45) is 9.28. The normalized spacial score (nSPS) is 11.1. The van der Waals surface area contributed by atoms with E-state index < -0.39 is 0 Å². The van der Waals surface area contributed by atoms with Gasteiger partial charge in [0.05, 0.1) is 0 Å². The second-order valence-electron chi connectivity index (χ2n) is 3.09. The molecule has 0 spiro atoms. The van der Waals surface area contributed by atoms with Gasteiger partial charge in [-0.2, -0.15) is 0 Å². The first kappa shape index (κ1) is 11.2. The molecule has 0 saturated heterocycles. The van der Waals surface area contributed by atoms with Crippen molar-refractivity contribution in [2.24, 2.45) is 0 Å². The minimum Gasteiger partial charge on any atom is -0.458 e. The van der Waals surface area contributed by atoms with Gasteiger partial charge in [-0.25, -0.2) is 0 Å². The largest absolute Gasteiger partial charge is 0.458 e. The molecule has 78 valence electrons. The van der Waals surface area contributed by atoms with Crippen LogP contribution in [0.1, 0.15) is 12.6 Å². The summed E-state index contributed by atoms with van der Waals surface area (Å²) >= 11 is 0. The van der Waals surface area contributed by atoms with Crippen molar-refractivity contribution >= 4 is 0 Å². The molecule has 1 aromatic rings. The molecule has 0 bridgehead atoms. The summed E-state index contributed by atoms with van der Waals surface area (Å²) in [6, 6.07) is 3.68. The van der Waals surface area contributed by atoms with E-state index in [1.54, 1.807) is 6.20 Å². The highest BCUT2D eigenvalue weighted by atomic mass is 16.5. The Bertz CT molecular complexity index is 391. The summed E-state index contributed by atoms with van der Waals surface area (Å²) in [5, 5.41) is 0. The van der Waals surface area contributed by atoms with Crippen molar-refractivity contribution in [3.63, 3.8) is 0 Å². The highest BCUT2D eigenvalue weighted by Gasteiger charge is 1.95. The fraction of sp³-hybridized carbons (Fsp3) is 0.154. The monoisotopic (exact) mass is 201 g/mol. The topological polar surface area (TPSA) is 22.1 Å². The van der Waals surface area contributed by atoms with Crippen LogP contribution >= 0.6 is 0 Å². The quantitative estimate of drug-likeness (QED) is 0.550. The third-order valence-electron chi connectivity index (χ3n) is 1.70. The maximum absolute atomic E-state index is 5.49. The molecular weight excluding hydrogens is 186 g/mol. The summed E-state index contributed by atoms with van der Waals surface area (Å²) in [7, 11) is 0. The third-order valence-corrected chi connectivity index (χ3v) is 1.70. The summed E-state index contributed by atoms with van der Waals surface area (Å²) in [6.45, 7) is 7.67. The van der Waals surface area contributed by atoms with Crippen molar-refractivity contribution < 1.29 is 4.74 Å². The first-order valence-electron chi connectivity index (χ1n) is 4.81. The molecule has 1 rings (SSSR count). The number of ether oxygens (including phenoxy) is 1. The van der Waals surface area contributed by atoms with Gasteiger partial charge in [0.1, 0.15) is 11.5 Å². The van der Waals surface area contributed by atoms with Gasteiger partial charge < -0.3 is 4.74 Å². The van der Waals surface area contributed by atoms with Crippen molar-refractivity contribution in [2.45, 2.75) is 13.8 Å². The summed E-state index contributed by atoms with van der Waals surface area (Å²) < 4.78 is 5.49. The molecule has 0 N–H and O–H groups in total. The van der Waals surface area contributed by atoms with Crippen molar-refractivity contribution in [1.82, 2.24) is 4.98 Å². The Balaban J connectivity index is 2.59. The van der Waals surface area contributed by atoms with E-state index in [0.29, 0.717) is 5.76 Å². The van der Waals surface area contributed by atoms with E-state index in [4.69, 9.17) is 4.74 Å². The molecule has 0 aliphatic heterocycles. The van der Waals surface area contributed by atoms with E-state index in [0.717, 1.165) is 11.4 Å². The van der Waals surface area contributed by atoms with E-state index in [-0.39, 0.29) is 0 Å². The maximum atomic E-state index is 5.49. The Morgan fingerprint density at radius 3 is 2.93 bits per heavy atom. The molecule has 0 fully saturated rings. The predicted molar refractivity (Wildman–Crippen MR) is 62.7 cm³/mol. The number of aromatic nitrogens is 1. The lowest BCUT2D eigenvalue weighted by Crippen LogP contribution is -1.91. The smallest absolute Gasteiger partial charge is 0.130 e. The van der Waals surface area contributed by atoms with Crippen LogP contribution in [-0.4, -0.2) is 4.98 Å².